The minimum atomic E-state index is -0.996. The van der Waals surface area contributed by atoms with Crippen LogP contribution in [-0.4, -0.2) is 47.0 Å². The Hall–Kier alpha value is -1.44. The number of thioether (sulfide) groups is 1. The first kappa shape index (κ1) is 20.6. The van der Waals surface area contributed by atoms with Gasteiger partial charge in [0.15, 0.2) is 0 Å². The molecule has 0 aromatic carbocycles. The third kappa shape index (κ3) is 9.49. The highest BCUT2D eigenvalue weighted by Gasteiger charge is 2.23. The van der Waals surface area contributed by atoms with Crippen LogP contribution in [0.1, 0.15) is 34.6 Å². The van der Waals surface area contributed by atoms with Crippen molar-refractivity contribution < 1.29 is 29.0 Å². The van der Waals surface area contributed by atoms with E-state index in [9.17, 15) is 14.4 Å². The molecule has 0 fully saturated rings. The number of esters is 1. The number of hydrogen-bond donors (Lipinski definition) is 2. The summed E-state index contributed by atoms with van der Waals surface area (Å²) in [7, 11) is 0. The normalized spacial score (nSPS) is 13.6. The van der Waals surface area contributed by atoms with E-state index < -0.39 is 29.6 Å². The molecule has 128 valence electrons. The molecule has 0 aliphatic heterocycles. The fraction of sp³-hybridized carbons (Fsp3) is 0.786. The molecule has 0 aliphatic carbocycles. The average Bonchev–Trinajstić information content (AvgIpc) is 2.36. The van der Waals surface area contributed by atoms with Crippen molar-refractivity contribution >= 4 is 29.8 Å². The van der Waals surface area contributed by atoms with Gasteiger partial charge in [-0.25, -0.2) is 4.79 Å². The first-order chi connectivity index (χ1) is 10.1. The van der Waals surface area contributed by atoms with Gasteiger partial charge in [-0.1, -0.05) is 27.7 Å². The Morgan fingerprint density at radius 3 is 2.14 bits per heavy atom. The summed E-state index contributed by atoms with van der Waals surface area (Å²) in [5, 5.41) is 10.7. The monoisotopic (exact) mass is 335 g/mol. The largest absolute Gasteiger partial charge is 0.480 e. The van der Waals surface area contributed by atoms with Gasteiger partial charge in [0.2, 0.25) is 0 Å². The Morgan fingerprint density at radius 1 is 1.14 bits per heavy atom. The Balaban J connectivity index is 4.37. The van der Waals surface area contributed by atoms with Crippen LogP contribution >= 0.6 is 11.8 Å². The molecule has 0 unspecified atom stereocenters. The summed E-state index contributed by atoms with van der Waals surface area (Å²) in [6.07, 6.45) is -1.81. The summed E-state index contributed by atoms with van der Waals surface area (Å²) in [6, 6.07) is 0. The van der Waals surface area contributed by atoms with Gasteiger partial charge >= 0.3 is 18.0 Å². The molecule has 0 aromatic heterocycles. The van der Waals surface area contributed by atoms with Gasteiger partial charge < -0.3 is 19.9 Å². The molecule has 0 bridgehead atoms. The minimum absolute atomic E-state index is 0.0591. The van der Waals surface area contributed by atoms with E-state index in [0.717, 1.165) is 0 Å². The summed E-state index contributed by atoms with van der Waals surface area (Å²) in [6.45, 7) is 8.61. The van der Waals surface area contributed by atoms with Gasteiger partial charge in [0.1, 0.15) is 5.25 Å². The number of rotatable bonds is 9. The SMILES string of the molecule is CC(=O)O[C@H](OC(=O)NC[C@H](SCC(C)C)C(=O)O)C(C)C. The number of amides is 1. The molecule has 7 nitrogen and oxygen atoms in total. The zero-order valence-corrected chi connectivity index (χ0v) is 14.4. The van der Waals surface area contributed by atoms with Gasteiger partial charge in [-0.3, -0.25) is 9.59 Å². The highest BCUT2D eigenvalue weighted by atomic mass is 32.2. The Morgan fingerprint density at radius 2 is 1.73 bits per heavy atom. The highest BCUT2D eigenvalue weighted by Crippen LogP contribution is 2.15. The molecule has 0 saturated heterocycles. The third-order valence-corrected chi connectivity index (χ3v) is 4.02. The van der Waals surface area contributed by atoms with Crippen molar-refractivity contribution in [3.8, 4) is 0 Å². The van der Waals surface area contributed by atoms with Gasteiger partial charge in [0.05, 0.1) is 0 Å². The molecule has 8 heteroatoms. The van der Waals surface area contributed by atoms with Crippen molar-refractivity contribution in [2.45, 2.75) is 46.2 Å². The van der Waals surface area contributed by atoms with E-state index in [2.05, 4.69) is 5.32 Å². The lowest BCUT2D eigenvalue weighted by Crippen LogP contribution is -2.39. The van der Waals surface area contributed by atoms with Crippen molar-refractivity contribution in [3.05, 3.63) is 0 Å². The predicted octanol–water partition coefficient (Wildman–Crippen LogP) is 2.10. The number of ether oxygens (including phenoxy) is 2. The number of alkyl carbamates (subject to hydrolysis) is 1. The number of carbonyl (C=O) groups is 3. The molecule has 0 aromatic rings. The van der Waals surface area contributed by atoms with Crippen LogP contribution in [0.25, 0.3) is 0 Å². The Bertz CT molecular complexity index is 386. The Labute approximate surface area is 135 Å². The maximum Gasteiger partial charge on any atom is 0.410 e. The number of carboxylic acid groups (broad SMARTS) is 1. The number of carboxylic acids is 1. The maximum atomic E-state index is 11.7. The second-order valence-corrected chi connectivity index (χ2v) is 6.80. The molecule has 1 amide bonds. The van der Waals surface area contributed by atoms with Crippen molar-refractivity contribution in [3.63, 3.8) is 0 Å². The maximum absolute atomic E-state index is 11.7. The van der Waals surface area contributed by atoms with E-state index in [1.807, 2.05) is 13.8 Å². The minimum Gasteiger partial charge on any atom is -0.480 e. The van der Waals surface area contributed by atoms with Gasteiger partial charge in [-0.2, -0.15) is 0 Å². The number of carbonyl (C=O) groups excluding carboxylic acids is 2. The third-order valence-electron chi connectivity index (χ3n) is 2.39. The fourth-order valence-corrected chi connectivity index (χ4v) is 2.27. The van der Waals surface area contributed by atoms with Crippen molar-refractivity contribution in [1.29, 1.82) is 0 Å². The van der Waals surface area contributed by atoms with Gasteiger partial charge in [-0.05, 0) is 11.7 Å². The molecule has 0 aliphatic rings. The van der Waals surface area contributed by atoms with E-state index in [1.165, 1.54) is 18.7 Å². The van der Waals surface area contributed by atoms with Crippen molar-refractivity contribution in [2.24, 2.45) is 11.8 Å². The second kappa shape index (κ2) is 10.3. The summed E-state index contributed by atoms with van der Waals surface area (Å²) < 4.78 is 9.86. The molecule has 2 atom stereocenters. The lowest BCUT2D eigenvalue weighted by molar-refractivity contribution is -0.172. The highest BCUT2D eigenvalue weighted by molar-refractivity contribution is 8.00. The smallest absolute Gasteiger partial charge is 0.410 e. The van der Waals surface area contributed by atoms with Crippen LogP contribution in [0.3, 0.4) is 0 Å². The van der Waals surface area contributed by atoms with E-state index in [-0.39, 0.29) is 12.5 Å². The zero-order chi connectivity index (χ0) is 17.3. The predicted molar refractivity (Wildman–Crippen MR) is 83.6 cm³/mol. The summed E-state index contributed by atoms with van der Waals surface area (Å²) in [4.78, 5) is 33.7. The number of hydrogen-bond acceptors (Lipinski definition) is 6. The lowest BCUT2D eigenvalue weighted by Gasteiger charge is -2.21. The van der Waals surface area contributed by atoms with Crippen LogP contribution in [0.2, 0.25) is 0 Å². The molecule has 0 rings (SSSR count). The molecule has 22 heavy (non-hydrogen) atoms. The summed E-state index contributed by atoms with van der Waals surface area (Å²) in [5.41, 5.74) is 0. The van der Waals surface area contributed by atoms with Crippen LogP contribution in [0.5, 0.6) is 0 Å². The topological polar surface area (TPSA) is 102 Å². The summed E-state index contributed by atoms with van der Waals surface area (Å²) in [5.74, 6) is -0.725. The van der Waals surface area contributed by atoms with E-state index >= 15 is 0 Å². The Kier molecular flexibility index (Phi) is 9.64. The zero-order valence-electron chi connectivity index (χ0n) is 13.6. The lowest BCUT2D eigenvalue weighted by atomic mass is 10.2. The second-order valence-electron chi connectivity index (χ2n) is 5.56. The van der Waals surface area contributed by atoms with Crippen LogP contribution in [0.15, 0.2) is 0 Å². The first-order valence-corrected chi connectivity index (χ1v) is 8.14. The first-order valence-electron chi connectivity index (χ1n) is 7.09. The molecular weight excluding hydrogens is 310 g/mol. The molecule has 0 radical (unpaired) electrons. The van der Waals surface area contributed by atoms with Gasteiger partial charge in [0, 0.05) is 19.4 Å². The van der Waals surface area contributed by atoms with E-state index in [4.69, 9.17) is 14.6 Å². The van der Waals surface area contributed by atoms with Crippen LogP contribution in [0.4, 0.5) is 4.79 Å². The standard InChI is InChI=1S/C14H25NO6S/c1-8(2)7-22-11(12(17)18)6-15-14(19)21-13(9(3)4)20-10(5)16/h8-9,11,13H,6-7H2,1-5H3,(H,15,19)(H,17,18)/t11-,13+/m0/s1. The van der Waals surface area contributed by atoms with E-state index in [0.29, 0.717) is 11.7 Å². The fourth-order valence-electron chi connectivity index (χ4n) is 1.31. The van der Waals surface area contributed by atoms with Crippen molar-refractivity contribution in [1.82, 2.24) is 5.32 Å². The molecule has 0 spiro atoms. The van der Waals surface area contributed by atoms with Crippen LogP contribution in [-0.2, 0) is 19.1 Å². The molecule has 0 saturated carbocycles. The van der Waals surface area contributed by atoms with Gasteiger partial charge in [-0.15, -0.1) is 11.8 Å². The van der Waals surface area contributed by atoms with Crippen LogP contribution in [0, 0.1) is 11.8 Å². The molecule has 0 heterocycles. The summed E-state index contributed by atoms with van der Waals surface area (Å²) >= 11 is 1.26. The van der Waals surface area contributed by atoms with Crippen LogP contribution < -0.4 is 5.32 Å². The van der Waals surface area contributed by atoms with E-state index in [1.54, 1.807) is 13.8 Å². The number of nitrogens with one attached hydrogen (secondary N) is 1. The average molecular weight is 335 g/mol. The molecular formula is C14H25NO6S. The van der Waals surface area contributed by atoms with Gasteiger partial charge in [0.25, 0.3) is 6.29 Å². The van der Waals surface area contributed by atoms with Crippen molar-refractivity contribution in [2.75, 3.05) is 12.3 Å². The quantitative estimate of drug-likeness (QED) is 0.491. The number of aliphatic carboxylic acids is 1. The molecule has 2 N–H and O–H groups in total.